The van der Waals surface area contributed by atoms with E-state index in [0.29, 0.717) is 0 Å². The van der Waals surface area contributed by atoms with E-state index in [1.165, 1.54) is 46.7 Å². The maximum atomic E-state index is 4.77. The smallest absolute Gasteiger partial charge is 0.141 e. The van der Waals surface area contributed by atoms with Crippen LogP contribution in [0.3, 0.4) is 0 Å². The van der Waals surface area contributed by atoms with Gasteiger partial charge in [-0.25, -0.2) is 9.97 Å². The highest BCUT2D eigenvalue weighted by Gasteiger charge is 2.26. The minimum absolute atomic E-state index is 0.769. The van der Waals surface area contributed by atoms with E-state index in [9.17, 15) is 0 Å². The topological polar surface area (TPSA) is 37.2 Å². The Balaban J connectivity index is 1.30. The second kappa shape index (κ2) is 7.73. The van der Waals surface area contributed by atoms with E-state index >= 15 is 0 Å². The Kier molecular flexibility index (Phi) is 5.08. The molecule has 6 heteroatoms. The molecule has 3 aromatic rings. The minimum Gasteiger partial charge on any atom is -0.353 e. The SMILES string of the molecule is Cc1ccc(C)n1CCN1CCN(c2ncnc3sc4c(c23)CC(C)CC4)CC1. The molecule has 1 saturated heterocycles. The monoisotopic (exact) mass is 409 g/mol. The van der Waals surface area contributed by atoms with Crippen molar-refractivity contribution in [3.8, 4) is 0 Å². The number of thiophene rings is 1. The summed E-state index contributed by atoms with van der Waals surface area (Å²) in [6.07, 6.45) is 5.48. The van der Waals surface area contributed by atoms with Crippen LogP contribution in [0.4, 0.5) is 5.82 Å². The molecule has 1 unspecified atom stereocenters. The van der Waals surface area contributed by atoms with Crippen LogP contribution in [-0.2, 0) is 19.4 Å². The zero-order valence-electron chi connectivity index (χ0n) is 17.8. The lowest BCUT2D eigenvalue weighted by Crippen LogP contribution is -2.47. The zero-order chi connectivity index (χ0) is 20.0. The summed E-state index contributed by atoms with van der Waals surface area (Å²) < 4.78 is 2.43. The Morgan fingerprint density at radius 1 is 1.03 bits per heavy atom. The summed E-state index contributed by atoms with van der Waals surface area (Å²) in [5, 5.41) is 1.35. The first kappa shape index (κ1) is 19.1. The van der Waals surface area contributed by atoms with Crippen molar-refractivity contribution in [1.82, 2.24) is 19.4 Å². The van der Waals surface area contributed by atoms with Crippen molar-refractivity contribution in [3.63, 3.8) is 0 Å². The van der Waals surface area contributed by atoms with Gasteiger partial charge in [-0.1, -0.05) is 6.92 Å². The number of anilines is 1. The lowest BCUT2D eigenvalue weighted by Gasteiger charge is -2.36. The van der Waals surface area contributed by atoms with Gasteiger partial charge in [-0.2, -0.15) is 0 Å². The molecule has 0 aromatic carbocycles. The minimum atomic E-state index is 0.769. The van der Waals surface area contributed by atoms with Gasteiger partial charge in [0.15, 0.2) is 0 Å². The molecule has 0 bridgehead atoms. The maximum Gasteiger partial charge on any atom is 0.141 e. The van der Waals surface area contributed by atoms with Crippen LogP contribution in [0, 0.1) is 19.8 Å². The van der Waals surface area contributed by atoms with Crippen LogP contribution < -0.4 is 4.90 Å². The second-order valence-electron chi connectivity index (χ2n) is 8.83. The van der Waals surface area contributed by atoms with Crippen LogP contribution in [0.5, 0.6) is 0 Å². The highest BCUT2D eigenvalue weighted by atomic mass is 32.1. The summed E-state index contributed by atoms with van der Waals surface area (Å²) in [7, 11) is 0. The Morgan fingerprint density at radius 3 is 2.55 bits per heavy atom. The Labute approximate surface area is 177 Å². The van der Waals surface area contributed by atoms with Gasteiger partial charge in [0.05, 0.1) is 5.39 Å². The van der Waals surface area contributed by atoms with Gasteiger partial charge in [-0.05, 0) is 56.7 Å². The van der Waals surface area contributed by atoms with Gasteiger partial charge >= 0.3 is 0 Å². The Hall–Kier alpha value is -1.92. The van der Waals surface area contributed by atoms with Gasteiger partial charge in [0.2, 0.25) is 0 Å². The van der Waals surface area contributed by atoms with Crippen molar-refractivity contribution in [2.45, 2.75) is 46.6 Å². The number of hydrogen-bond acceptors (Lipinski definition) is 5. The zero-order valence-corrected chi connectivity index (χ0v) is 18.6. The van der Waals surface area contributed by atoms with E-state index in [1.54, 1.807) is 16.8 Å². The summed E-state index contributed by atoms with van der Waals surface area (Å²) in [5.74, 6) is 1.95. The van der Waals surface area contributed by atoms with E-state index in [1.807, 2.05) is 11.3 Å². The lowest BCUT2D eigenvalue weighted by molar-refractivity contribution is 0.247. The first-order chi connectivity index (χ1) is 14.1. The third-order valence-corrected chi connectivity index (χ3v) is 8.00. The van der Waals surface area contributed by atoms with Crippen LogP contribution in [-0.4, -0.2) is 52.2 Å². The summed E-state index contributed by atoms with van der Waals surface area (Å²) in [6, 6.07) is 4.44. The van der Waals surface area contributed by atoms with Gasteiger partial charge in [0, 0.05) is 55.5 Å². The first-order valence-corrected chi connectivity index (χ1v) is 11.8. The molecule has 3 aromatic heterocycles. The molecule has 4 heterocycles. The van der Waals surface area contributed by atoms with Crippen LogP contribution in [0.25, 0.3) is 10.2 Å². The summed E-state index contributed by atoms with van der Waals surface area (Å²) in [5.41, 5.74) is 4.27. The van der Waals surface area contributed by atoms with Crippen LogP contribution in [0.1, 0.15) is 35.2 Å². The van der Waals surface area contributed by atoms with Crippen LogP contribution in [0.15, 0.2) is 18.5 Å². The molecule has 1 aliphatic heterocycles. The number of aromatic nitrogens is 3. The second-order valence-corrected chi connectivity index (χ2v) is 9.91. The number of aryl methyl sites for hydroxylation is 3. The maximum absolute atomic E-state index is 4.77. The van der Waals surface area contributed by atoms with Crippen molar-refractivity contribution < 1.29 is 0 Å². The molecule has 5 rings (SSSR count). The fourth-order valence-electron chi connectivity index (χ4n) is 4.98. The summed E-state index contributed by atoms with van der Waals surface area (Å²) in [4.78, 5) is 17.2. The molecule has 1 aliphatic carbocycles. The Morgan fingerprint density at radius 2 is 1.79 bits per heavy atom. The molecule has 154 valence electrons. The van der Waals surface area contributed by atoms with Crippen molar-refractivity contribution in [2.75, 3.05) is 37.6 Å². The molecule has 5 nitrogen and oxygen atoms in total. The first-order valence-electron chi connectivity index (χ1n) is 11.0. The van der Waals surface area contributed by atoms with E-state index in [-0.39, 0.29) is 0 Å². The van der Waals surface area contributed by atoms with Gasteiger partial charge in [-0.15, -0.1) is 11.3 Å². The van der Waals surface area contributed by atoms with E-state index in [0.717, 1.165) is 45.2 Å². The molecule has 29 heavy (non-hydrogen) atoms. The van der Waals surface area contributed by atoms with Crippen molar-refractivity contribution >= 4 is 27.4 Å². The van der Waals surface area contributed by atoms with Crippen molar-refractivity contribution in [3.05, 3.63) is 40.3 Å². The molecule has 0 radical (unpaired) electrons. The molecule has 0 saturated carbocycles. The Bertz CT molecular complexity index is 992. The van der Waals surface area contributed by atoms with E-state index in [2.05, 4.69) is 52.3 Å². The fourth-order valence-corrected chi connectivity index (χ4v) is 6.16. The van der Waals surface area contributed by atoms with Gasteiger partial charge in [0.25, 0.3) is 0 Å². The molecule has 1 atom stereocenters. The quantitative estimate of drug-likeness (QED) is 0.651. The fraction of sp³-hybridized carbons (Fsp3) is 0.565. The molecule has 1 fully saturated rings. The standard InChI is InChI=1S/C23H31N5S/c1-16-4-7-20-19(14-16)21-22(24-15-25-23(21)29-20)27-11-8-26(9-12-27)10-13-28-17(2)5-6-18(28)3/h5-6,15-16H,4,7-14H2,1-3H3. The average Bonchev–Trinajstić information content (AvgIpc) is 3.26. The lowest BCUT2D eigenvalue weighted by atomic mass is 9.88. The molecule has 0 amide bonds. The largest absolute Gasteiger partial charge is 0.353 e. The number of rotatable bonds is 4. The predicted molar refractivity (Wildman–Crippen MR) is 121 cm³/mol. The average molecular weight is 410 g/mol. The van der Waals surface area contributed by atoms with Gasteiger partial charge < -0.3 is 9.47 Å². The van der Waals surface area contributed by atoms with E-state index < -0.39 is 0 Å². The normalized spacial score (nSPS) is 20.4. The molecule has 0 spiro atoms. The van der Waals surface area contributed by atoms with Crippen LogP contribution >= 0.6 is 11.3 Å². The van der Waals surface area contributed by atoms with E-state index in [4.69, 9.17) is 4.98 Å². The molecule has 2 aliphatic rings. The number of fused-ring (bicyclic) bond motifs is 3. The number of nitrogens with zero attached hydrogens (tertiary/aromatic N) is 5. The number of hydrogen-bond donors (Lipinski definition) is 0. The molecule has 0 N–H and O–H groups in total. The van der Waals surface area contributed by atoms with Gasteiger partial charge in [0.1, 0.15) is 17.0 Å². The van der Waals surface area contributed by atoms with Crippen molar-refractivity contribution in [1.29, 1.82) is 0 Å². The molecular weight excluding hydrogens is 378 g/mol. The van der Waals surface area contributed by atoms with Crippen LogP contribution in [0.2, 0.25) is 0 Å². The summed E-state index contributed by atoms with van der Waals surface area (Å²) in [6.45, 7) is 13.3. The number of piperazine rings is 1. The molecular formula is C23H31N5S. The predicted octanol–water partition coefficient (Wildman–Crippen LogP) is 4.06. The van der Waals surface area contributed by atoms with Crippen molar-refractivity contribution in [2.24, 2.45) is 5.92 Å². The highest BCUT2D eigenvalue weighted by molar-refractivity contribution is 7.19. The van der Waals surface area contributed by atoms with Gasteiger partial charge in [-0.3, -0.25) is 4.90 Å². The summed E-state index contributed by atoms with van der Waals surface area (Å²) >= 11 is 1.90. The third-order valence-electron chi connectivity index (χ3n) is 6.80. The third kappa shape index (κ3) is 3.57. The highest BCUT2D eigenvalue weighted by Crippen LogP contribution is 2.40.